The standard InChI is InChI=1S/C21H36N2O6S/c1-4-28-20(25)17(14-30-13-12-29-16-8-5-6-9-16)22-15(2)19(24)23-11-7-10-18(23)21(26)27-3/h15-18,22H,4-14H2,1-3H3/t15-,17-,18-/m0/s1. The molecule has 2 fully saturated rings. The lowest BCUT2D eigenvalue weighted by Crippen LogP contribution is -2.54. The van der Waals surface area contributed by atoms with Crippen molar-refractivity contribution in [1.29, 1.82) is 0 Å². The number of amides is 1. The van der Waals surface area contributed by atoms with Gasteiger partial charge in [-0.3, -0.25) is 14.9 Å². The van der Waals surface area contributed by atoms with E-state index in [1.807, 2.05) is 0 Å². The molecule has 2 rings (SSSR count). The highest BCUT2D eigenvalue weighted by molar-refractivity contribution is 7.99. The zero-order valence-electron chi connectivity index (χ0n) is 18.4. The summed E-state index contributed by atoms with van der Waals surface area (Å²) in [5, 5.41) is 3.11. The van der Waals surface area contributed by atoms with E-state index < -0.39 is 24.1 Å². The van der Waals surface area contributed by atoms with Gasteiger partial charge < -0.3 is 19.1 Å². The summed E-state index contributed by atoms with van der Waals surface area (Å²) in [6.45, 7) is 4.94. The predicted molar refractivity (Wildman–Crippen MR) is 115 cm³/mol. The maximum absolute atomic E-state index is 12.9. The summed E-state index contributed by atoms with van der Waals surface area (Å²) in [7, 11) is 1.33. The normalized spacial score (nSPS) is 21.4. The van der Waals surface area contributed by atoms with Crippen molar-refractivity contribution in [3.8, 4) is 0 Å². The van der Waals surface area contributed by atoms with Crippen LogP contribution in [0.3, 0.4) is 0 Å². The zero-order chi connectivity index (χ0) is 21.9. The molecular formula is C21H36N2O6S. The number of carbonyl (C=O) groups excluding carboxylic acids is 3. The van der Waals surface area contributed by atoms with Crippen molar-refractivity contribution in [1.82, 2.24) is 10.2 Å². The first-order valence-electron chi connectivity index (χ1n) is 11.0. The van der Waals surface area contributed by atoms with Crippen LogP contribution in [-0.4, -0.2) is 85.3 Å². The number of ether oxygens (including phenoxy) is 3. The Balaban J connectivity index is 1.83. The van der Waals surface area contributed by atoms with E-state index in [9.17, 15) is 14.4 Å². The first kappa shape index (κ1) is 24.9. The summed E-state index contributed by atoms with van der Waals surface area (Å²) < 4.78 is 15.9. The van der Waals surface area contributed by atoms with Crippen LogP contribution < -0.4 is 5.32 Å². The molecule has 1 saturated carbocycles. The van der Waals surface area contributed by atoms with Crippen LogP contribution in [0.1, 0.15) is 52.4 Å². The summed E-state index contributed by atoms with van der Waals surface area (Å²) in [4.78, 5) is 38.8. The Bertz CT molecular complexity index is 570. The van der Waals surface area contributed by atoms with Crippen LogP contribution in [-0.2, 0) is 28.6 Å². The molecule has 8 nitrogen and oxygen atoms in total. The molecule has 2 aliphatic rings. The van der Waals surface area contributed by atoms with Gasteiger partial charge in [0.15, 0.2) is 0 Å². The average Bonchev–Trinajstić information content (AvgIpc) is 3.43. The molecule has 1 N–H and O–H groups in total. The van der Waals surface area contributed by atoms with Crippen LogP contribution in [0.4, 0.5) is 0 Å². The minimum Gasteiger partial charge on any atom is -0.467 e. The summed E-state index contributed by atoms with van der Waals surface area (Å²) >= 11 is 1.61. The Labute approximate surface area is 183 Å². The van der Waals surface area contributed by atoms with Gasteiger partial charge in [0.25, 0.3) is 0 Å². The molecule has 172 valence electrons. The molecule has 0 aromatic carbocycles. The molecule has 1 aliphatic carbocycles. The van der Waals surface area contributed by atoms with Crippen LogP contribution in [0.25, 0.3) is 0 Å². The van der Waals surface area contributed by atoms with Gasteiger partial charge in [-0.1, -0.05) is 12.8 Å². The molecule has 9 heteroatoms. The zero-order valence-corrected chi connectivity index (χ0v) is 19.2. The molecule has 0 bridgehead atoms. The lowest BCUT2D eigenvalue weighted by atomic mass is 10.2. The number of nitrogens with one attached hydrogen (secondary N) is 1. The number of likely N-dealkylation sites (tertiary alicyclic amines) is 1. The number of nitrogens with zero attached hydrogens (tertiary/aromatic N) is 1. The van der Waals surface area contributed by atoms with Crippen molar-refractivity contribution in [2.45, 2.75) is 76.6 Å². The maximum atomic E-state index is 12.9. The van der Waals surface area contributed by atoms with Gasteiger partial charge in [-0.05, 0) is 39.5 Å². The van der Waals surface area contributed by atoms with Gasteiger partial charge in [-0.2, -0.15) is 11.8 Å². The van der Waals surface area contributed by atoms with Crippen molar-refractivity contribution in [3.63, 3.8) is 0 Å². The third-order valence-electron chi connectivity index (χ3n) is 5.57. The molecule has 0 aromatic rings. The van der Waals surface area contributed by atoms with E-state index in [2.05, 4.69) is 5.32 Å². The number of carbonyl (C=O) groups is 3. The van der Waals surface area contributed by atoms with E-state index in [4.69, 9.17) is 14.2 Å². The lowest BCUT2D eigenvalue weighted by Gasteiger charge is -2.28. The van der Waals surface area contributed by atoms with E-state index in [1.165, 1.54) is 20.0 Å². The number of esters is 2. The van der Waals surface area contributed by atoms with Crippen LogP contribution in [0.5, 0.6) is 0 Å². The highest BCUT2D eigenvalue weighted by Gasteiger charge is 2.37. The molecule has 3 atom stereocenters. The third-order valence-corrected chi connectivity index (χ3v) is 6.59. The maximum Gasteiger partial charge on any atom is 0.328 e. The molecule has 1 saturated heterocycles. The number of hydrogen-bond acceptors (Lipinski definition) is 8. The van der Waals surface area contributed by atoms with E-state index in [0.717, 1.165) is 25.0 Å². The molecule has 1 aliphatic heterocycles. The second-order valence-corrected chi connectivity index (χ2v) is 8.91. The van der Waals surface area contributed by atoms with E-state index in [1.54, 1.807) is 30.5 Å². The second kappa shape index (κ2) is 13.2. The molecule has 30 heavy (non-hydrogen) atoms. The quantitative estimate of drug-likeness (QED) is 0.359. The highest BCUT2D eigenvalue weighted by atomic mass is 32.2. The van der Waals surface area contributed by atoms with Gasteiger partial charge in [0.1, 0.15) is 12.1 Å². The summed E-state index contributed by atoms with van der Waals surface area (Å²) in [5.41, 5.74) is 0. The van der Waals surface area contributed by atoms with Crippen molar-refractivity contribution in [2.24, 2.45) is 0 Å². The number of thioether (sulfide) groups is 1. The molecule has 1 amide bonds. The first-order valence-corrected chi connectivity index (χ1v) is 12.1. The fourth-order valence-electron chi connectivity index (χ4n) is 3.99. The Morgan fingerprint density at radius 3 is 2.57 bits per heavy atom. The summed E-state index contributed by atoms with van der Waals surface area (Å²) in [6, 6.07) is -1.76. The van der Waals surface area contributed by atoms with E-state index >= 15 is 0 Å². The van der Waals surface area contributed by atoms with E-state index in [0.29, 0.717) is 31.4 Å². The van der Waals surface area contributed by atoms with Crippen LogP contribution in [0.15, 0.2) is 0 Å². The summed E-state index contributed by atoms with van der Waals surface area (Å²) in [6.07, 6.45) is 6.50. The van der Waals surface area contributed by atoms with Gasteiger partial charge in [-0.15, -0.1) is 0 Å². The minimum atomic E-state index is -0.611. The van der Waals surface area contributed by atoms with Crippen molar-refractivity contribution >= 4 is 29.6 Å². The molecule has 0 radical (unpaired) electrons. The summed E-state index contributed by atoms with van der Waals surface area (Å²) in [5.74, 6) is 0.310. The monoisotopic (exact) mass is 444 g/mol. The Morgan fingerprint density at radius 2 is 1.90 bits per heavy atom. The van der Waals surface area contributed by atoms with Crippen molar-refractivity contribution in [2.75, 3.05) is 38.4 Å². The van der Waals surface area contributed by atoms with Gasteiger partial charge in [0.05, 0.1) is 32.5 Å². The predicted octanol–water partition coefficient (Wildman–Crippen LogP) is 1.75. The third kappa shape index (κ3) is 7.42. The smallest absolute Gasteiger partial charge is 0.328 e. The average molecular weight is 445 g/mol. The molecule has 0 unspecified atom stereocenters. The van der Waals surface area contributed by atoms with Gasteiger partial charge in [0.2, 0.25) is 5.91 Å². The fourth-order valence-corrected chi connectivity index (χ4v) is 4.84. The Hall–Kier alpha value is -1.32. The van der Waals surface area contributed by atoms with Crippen LogP contribution in [0.2, 0.25) is 0 Å². The number of methoxy groups -OCH3 is 1. The number of rotatable bonds is 12. The van der Waals surface area contributed by atoms with E-state index in [-0.39, 0.29) is 18.5 Å². The van der Waals surface area contributed by atoms with Gasteiger partial charge in [-0.25, -0.2) is 4.79 Å². The van der Waals surface area contributed by atoms with Crippen LogP contribution in [0, 0.1) is 0 Å². The van der Waals surface area contributed by atoms with Gasteiger partial charge >= 0.3 is 11.9 Å². The Morgan fingerprint density at radius 1 is 1.17 bits per heavy atom. The van der Waals surface area contributed by atoms with Gasteiger partial charge in [0, 0.05) is 18.1 Å². The molecular weight excluding hydrogens is 408 g/mol. The van der Waals surface area contributed by atoms with Crippen molar-refractivity contribution in [3.05, 3.63) is 0 Å². The van der Waals surface area contributed by atoms with Crippen LogP contribution >= 0.6 is 11.8 Å². The molecule has 1 heterocycles. The largest absolute Gasteiger partial charge is 0.467 e. The highest BCUT2D eigenvalue weighted by Crippen LogP contribution is 2.21. The SMILES string of the molecule is CCOC(=O)[C@H](CSCCOC1CCCC1)N[C@@H](C)C(=O)N1CCC[C@H]1C(=O)OC. The fraction of sp³-hybridized carbons (Fsp3) is 0.857. The number of hydrogen-bond donors (Lipinski definition) is 1. The lowest BCUT2D eigenvalue weighted by molar-refractivity contribution is -0.152. The van der Waals surface area contributed by atoms with Crippen molar-refractivity contribution < 1.29 is 28.6 Å². The second-order valence-electron chi connectivity index (χ2n) is 7.76. The molecule has 0 aromatic heterocycles. The molecule has 0 spiro atoms. The topological polar surface area (TPSA) is 94.2 Å². The minimum absolute atomic E-state index is 0.202. The Kier molecular flexibility index (Phi) is 11.0. The first-order chi connectivity index (χ1) is 14.5.